The summed E-state index contributed by atoms with van der Waals surface area (Å²) in [6, 6.07) is 15.1. The Morgan fingerprint density at radius 2 is 1.78 bits per heavy atom. The van der Waals surface area contributed by atoms with Crippen LogP contribution in [0, 0.1) is 0 Å². The fourth-order valence-corrected chi connectivity index (χ4v) is 3.84. The van der Waals surface area contributed by atoms with Crippen molar-refractivity contribution >= 4 is 35.1 Å². The van der Waals surface area contributed by atoms with Crippen molar-refractivity contribution in [3.8, 4) is 0 Å². The number of carbonyl (C=O) groups is 3. The van der Waals surface area contributed by atoms with Crippen molar-refractivity contribution in [2.45, 2.75) is 38.8 Å². The van der Waals surface area contributed by atoms with Crippen LogP contribution >= 0.6 is 0 Å². The highest BCUT2D eigenvalue weighted by molar-refractivity contribution is 5.95. The zero-order valence-corrected chi connectivity index (χ0v) is 18.3. The second kappa shape index (κ2) is 10.5. The predicted octanol–water partition coefficient (Wildman–Crippen LogP) is 3.59. The quantitative estimate of drug-likeness (QED) is 0.491. The van der Waals surface area contributed by atoms with Gasteiger partial charge in [-0.1, -0.05) is 25.1 Å². The van der Waals surface area contributed by atoms with Gasteiger partial charge in [0.2, 0.25) is 5.91 Å². The number of ether oxygens (including phenoxy) is 1. The molecule has 5 N–H and O–H groups in total. The van der Waals surface area contributed by atoms with E-state index in [0.29, 0.717) is 12.1 Å². The number of benzene rings is 2. The normalized spacial score (nSPS) is 17.1. The van der Waals surface area contributed by atoms with Crippen molar-refractivity contribution in [2.24, 2.45) is 5.73 Å². The maximum atomic E-state index is 12.5. The van der Waals surface area contributed by atoms with Gasteiger partial charge < -0.3 is 31.3 Å². The van der Waals surface area contributed by atoms with Gasteiger partial charge in [0.1, 0.15) is 6.61 Å². The topological polar surface area (TPSA) is 126 Å². The molecule has 3 rings (SSSR count). The van der Waals surface area contributed by atoms with E-state index in [2.05, 4.69) is 33.7 Å². The zero-order valence-electron chi connectivity index (χ0n) is 18.3. The summed E-state index contributed by atoms with van der Waals surface area (Å²) in [4.78, 5) is 36.8. The van der Waals surface area contributed by atoms with Gasteiger partial charge in [-0.15, -0.1) is 0 Å². The molecule has 0 aliphatic carbocycles. The number of anilines is 3. The van der Waals surface area contributed by atoms with Crippen molar-refractivity contribution in [1.82, 2.24) is 5.32 Å². The first-order valence-corrected chi connectivity index (χ1v) is 10.6. The van der Waals surface area contributed by atoms with Gasteiger partial charge >= 0.3 is 12.1 Å². The van der Waals surface area contributed by atoms with Crippen LogP contribution in [-0.2, 0) is 9.53 Å². The van der Waals surface area contributed by atoms with E-state index >= 15 is 0 Å². The van der Waals surface area contributed by atoms with Gasteiger partial charge in [0.15, 0.2) is 0 Å². The summed E-state index contributed by atoms with van der Waals surface area (Å²) in [5.41, 5.74) is 8.44. The molecule has 2 aromatic rings. The van der Waals surface area contributed by atoms with Crippen LogP contribution in [0.15, 0.2) is 48.5 Å². The molecule has 2 atom stereocenters. The molecule has 0 spiro atoms. The molecule has 1 aliphatic rings. The Morgan fingerprint density at radius 1 is 1.09 bits per heavy atom. The molecule has 0 saturated heterocycles. The molecule has 4 amide bonds. The van der Waals surface area contributed by atoms with Crippen LogP contribution in [0.4, 0.5) is 26.7 Å². The first-order chi connectivity index (χ1) is 15.4. The molecule has 0 radical (unpaired) electrons. The summed E-state index contributed by atoms with van der Waals surface area (Å²) < 4.78 is 4.56. The Bertz CT molecular complexity index is 963. The van der Waals surface area contributed by atoms with Crippen molar-refractivity contribution < 1.29 is 19.1 Å². The number of nitrogens with zero attached hydrogens (tertiary/aromatic N) is 1. The fraction of sp³-hybridized carbons (Fsp3) is 0.348. The molecule has 32 heavy (non-hydrogen) atoms. The van der Waals surface area contributed by atoms with E-state index in [4.69, 9.17) is 5.73 Å². The molecular weight excluding hydrogens is 410 g/mol. The lowest BCUT2D eigenvalue weighted by molar-refractivity contribution is -0.118. The number of nitrogens with two attached hydrogens (primary N) is 1. The lowest BCUT2D eigenvalue weighted by Crippen LogP contribution is -2.44. The highest BCUT2D eigenvalue weighted by Gasteiger charge is 2.32. The van der Waals surface area contributed by atoms with Gasteiger partial charge in [-0.2, -0.15) is 0 Å². The summed E-state index contributed by atoms with van der Waals surface area (Å²) >= 11 is 0. The van der Waals surface area contributed by atoms with Crippen LogP contribution in [0.1, 0.15) is 38.3 Å². The maximum Gasteiger partial charge on any atom is 0.404 e. The molecule has 9 heteroatoms. The number of hydrogen-bond donors (Lipinski definition) is 4. The summed E-state index contributed by atoms with van der Waals surface area (Å²) in [7, 11) is 0. The second-order valence-electron chi connectivity index (χ2n) is 7.58. The molecule has 2 aromatic carbocycles. The largest absolute Gasteiger partial charge is 0.448 e. The van der Waals surface area contributed by atoms with Crippen LogP contribution in [0.3, 0.4) is 0 Å². The first-order valence-electron chi connectivity index (χ1n) is 10.6. The monoisotopic (exact) mass is 439 g/mol. The van der Waals surface area contributed by atoms with Gasteiger partial charge in [0.05, 0.1) is 12.6 Å². The van der Waals surface area contributed by atoms with Crippen molar-refractivity contribution in [1.29, 1.82) is 0 Å². The highest BCUT2D eigenvalue weighted by Crippen LogP contribution is 2.39. The SMILES string of the molecule is CCC(=O)N1c2ccccc2[C@H](Nc2ccc(NC(=O)NCCOC(N)=O)cc2)C[C@@H]1C. The van der Waals surface area contributed by atoms with Crippen molar-refractivity contribution in [2.75, 3.05) is 28.7 Å². The maximum absolute atomic E-state index is 12.5. The minimum absolute atomic E-state index is 0.00811. The van der Waals surface area contributed by atoms with E-state index in [1.165, 1.54) is 0 Å². The van der Waals surface area contributed by atoms with E-state index < -0.39 is 12.1 Å². The number of rotatable bonds is 7. The molecule has 9 nitrogen and oxygen atoms in total. The van der Waals surface area contributed by atoms with Crippen molar-refractivity contribution in [3.63, 3.8) is 0 Å². The molecule has 0 fully saturated rings. The zero-order chi connectivity index (χ0) is 23.1. The fourth-order valence-electron chi connectivity index (χ4n) is 3.84. The summed E-state index contributed by atoms with van der Waals surface area (Å²) in [6.45, 7) is 4.12. The summed E-state index contributed by atoms with van der Waals surface area (Å²) in [5, 5.41) is 8.84. The van der Waals surface area contributed by atoms with Gasteiger partial charge in [-0.3, -0.25) is 4.79 Å². The number of hydrogen-bond acceptors (Lipinski definition) is 5. The lowest BCUT2D eigenvalue weighted by Gasteiger charge is -2.40. The van der Waals surface area contributed by atoms with E-state index in [1.54, 1.807) is 12.1 Å². The molecular formula is C23H29N5O4. The summed E-state index contributed by atoms with van der Waals surface area (Å²) in [6.07, 6.45) is 0.380. The number of urea groups is 1. The number of fused-ring (bicyclic) bond motifs is 1. The number of primary amides is 1. The molecule has 0 saturated carbocycles. The standard InChI is InChI=1S/C23H29N5O4/c1-3-21(29)28-15(2)14-19(18-6-4-5-7-20(18)28)26-16-8-10-17(11-9-16)27-23(31)25-12-13-32-22(24)30/h4-11,15,19,26H,3,12-14H2,1-2H3,(H2,24,30)(H2,25,27,31)/t15-,19+/m0/s1. The van der Waals surface area contributed by atoms with E-state index in [-0.39, 0.29) is 31.1 Å². The Labute approximate surface area is 187 Å². The highest BCUT2D eigenvalue weighted by atomic mass is 16.5. The van der Waals surface area contributed by atoms with E-state index in [1.807, 2.05) is 42.2 Å². The molecule has 0 unspecified atom stereocenters. The van der Waals surface area contributed by atoms with E-state index in [0.717, 1.165) is 23.4 Å². The smallest absolute Gasteiger partial charge is 0.404 e. The minimum atomic E-state index is -0.880. The van der Waals surface area contributed by atoms with Gasteiger partial charge in [-0.25, -0.2) is 9.59 Å². The Morgan fingerprint density at radius 3 is 2.47 bits per heavy atom. The molecule has 0 bridgehead atoms. The first kappa shape index (κ1) is 22.9. The number of nitrogens with one attached hydrogen (secondary N) is 3. The third-order valence-corrected chi connectivity index (χ3v) is 5.28. The Balaban J connectivity index is 1.62. The average molecular weight is 440 g/mol. The Kier molecular flexibility index (Phi) is 7.54. The van der Waals surface area contributed by atoms with Gasteiger partial charge in [0, 0.05) is 29.5 Å². The van der Waals surface area contributed by atoms with Crippen LogP contribution in [-0.4, -0.2) is 37.2 Å². The van der Waals surface area contributed by atoms with Crippen LogP contribution in [0.25, 0.3) is 0 Å². The number of para-hydroxylation sites is 1. The van der Waals surface area contributed by atoms with E-state index in [9.17, 15) is 14.4 Å². The van der Waals surface area contributed by atoms with Crippen LogP contribution < -0.4 is 26.6 Å². The van der Waals surface area contributed by atoms with Gasteiger partial charge in [-0.05, 0) is 49.2 Å². The third-order valence-electron chi connectivity index (χ3n) is 5.28. The molecule has 0 aromatic heterocycles. The second-order valence-corrected chi connectivity index (χ2v) is 7.58. The minimum Gasteiger partial charge on any atom is -0.448 e. The Hall–Kier alpha value is -3.75. The number of carbonyl (C=O) groups excluding carboxylic acids is 3. The average Bonchev–Trinajstić information content (AvgIpc) is 2.77. The third kappa shape index (κ3) is 5.69. The van der Waals surface area contributed by atoms with Crippen LogP contribution in [0.2, 0.25) is 0 Å². The summed E-state index contributed by atoms with van der Waals surface area (Å²) in [5.74, 6) is 0.123. The molecule has 1 aliphatic heterocycles. The van der Waals surface area contributed by atoms with Gasteiger partial charge in [0.25, 0.3) is 0 Å². The van der Waals surface area contributed by atoms with Crippen molar-refractivity contribution in [3.05, 3.63) is 54.1 Å². The lowest BCUT2D eigenvalue weighted by atomic mass is 9.91. The molecule has 170 valence electrons. The number of amides is 4. The predicted molar refractivity (Wildman–Crippen MR) is 124 cm³/mol. The van der Waals surface area contributed by atoms with Crippen LogP contribution in [0.5, 0.6) is 0 Å². The molecule has 1 heterocycles.